The molecule has 1 aliphatic heterocycles. The Labute approximate surface area is 102 Å². The summed E-state index contributed by atoms with van der Waals surface area (Å²) >= 11 is 1.79. The monoisotopic (exact) mass is 239 g/mol. The van der Waals surface area contributed by atoms with Crippen LogP contribution in [0.4, 0.5) is 0 Å². The van der Waals surface area contributed by atoms with Crippen LogP contribution in [0, 0.1) is 6.92 Å². The maximum absolute atomic E-state index is 4.68. The molecule has 0 radical (unpaired) electrons. The summed E-state index contributed by atoms with van der Waals surface area (Å²) < 4.78 is 0. The topological polar surface area (TPSA) is 28.2 Å². The van der Waals surface area contributed by atoms with E-state index in [1.165, 1.54) is 5.01 Å². The normalized spacial score (nSPS) is 31.1. The quantitative estimate of drug-likeness (QED) is 0.874. The number of nitrogens with one attached hydrogen (secondary N) is 1. The van der Waals surface area contributed by atoms with Gasteiger partial charge in [-0.2, -0.15) is 0 Å². The Morgan fingerprint density at radius 3 is 2.88 bits per heavy atom. The van der Waals surface area contributed by atoms with Crippen LogP contribution >= 0.6 is 11.3 Å². The Bertz CT molecular complexity index is 351. The third kappa shape index (κ3) is 2.01. The molecular weight excluding hydrogens is 218 g/mol. The van der Waals surface area contributed by atoms with Crippen molar-refractivity contribution < 1.29 is 0 Å². The molecule has 0 amide bonds. The zero-order valence-corrected chi connectivity index (χ0v) is 11.4. The molecule has 0 bridgehead atoms. The summed E-state index contributed by atoms with van der Waals surface area (Å²) in [5.74, 6) is 0. The molecule has 4 heteroatoms. The highest BCUT2D eigenvalue weighted by molar-refractivity contribution is 7.09. The molecule has 2 rings (SSSR count). The van der Waals surface area contributed by atoms with E-state index in [1.54, 1.807) is 11.3 Å². The van der Waals surface area contributed by atoms with E-state index in [9.17, 15) is 0 Å². The SMILES string of the molecule is CCNC1(c2nc(C)cs2)CC(C)N(C)C1. The number of hydrogen-bond acceptors (Lipinski definition) is 4. The molecule has 1 fully saturated rings. The van der Waals surface area contributed by atoms with Crippen LogP contribution < -0.4 is 5.32 Å². The average Bonchev–Trinajstić information content (AvgIpc) is 2.75. The third-order valence-corrected chi connectivity index (χ3v) is 4.62. The van der Waals surface area contributed by atoms with Gasteiger partial charge in [0, 0.05) is 23.7 Å². The number of aryl methyl sites for hydroxylation is 1. The fourth-order valence-corrected chi connectivity index (χ4v) is 3.55. The van der Waals surface area contributed by atoms with Crippen LogP contribution in [0.5, 0.6) is 0 Å². The van der Waals surface area contributed by atoms with E-state index in [2.05, 4.69) is 48.4 Å². The molecule has 0 spiro atoms. The minimum atomic E-state index is 0.0852. The zero-order chi connectivity index (χ0) is 11.8. The number of thiazole rings is 1. The Kier molecular flexibility index (Phi) is 3.33. The van der Waals surface area contributed by atoms with Crippen molar-refractivity contribution in [3.05, 3.63) is 16.1 Å². The summed E-state index contributed by atoms with van der Waals surface area (Å²) in [7, 11) is 2.20. The van der Waals surface area contributed by atoms with Gasteiger partial charge in [-0.05, 0) is 33.9 Å². The molecule has 2 unspecified atom stereocenters. The lowest BCUT2D eigenvalue weighted by Gasteiger charge is -2.27. The number of hydrogen-bond donors (Lipinski definition) is 1. The minimum Gasteiger partial charge on any atom is -0.305 e. The second kappa shape index (κ2) is 4.43. The molecule has 0 aliphatic carbocycles. The number of aromatic nitrogens is 1. The lowest BCUT2D eigenvalue weighted by molar-refractivity contribution is 0.301. The summed E-state index contributed by atoms with van der Waals surface area (Å²) in [5, 5.41) is 7.06. The molecule has 1 aliphatic rings. The van der Waals surface area contributed by atoms with Gasteiger partial charge in [-0.15, -0.1) is 11.3 Å². The predicted molar refractivity (Wildman–Crippen MR) is 68.9 cm³/mol. The van der Waals surface area contributed by atoms with Crippen molar-refractivity contribution >= 4 is 11.3 Å². The summed E-state index contributed by atoms with van der Waals surface area (Å²) in [6.07, 6.45) is 1.16. The average molecular weight is 239 g/mol. The Hall–Kier alpha value is -0.450. The van der Waals surface area contributed by atoms with Crippen LogP contribution in [-0.2, 0) is 5.54 Å². The largest absolute Gasteiger partial charge is 0.305 e. The summed E-state index contributed by atoms with van der Waals surface area (Å²) in [4.78, 5) is 7.10. The number of rotatable bonds is 3. The maximum atomic E-state index is 4.68. The molecule has 1 saturated heterocycles. The van der Waals surface area contributed by atoms with E-state index in [0.717, 1.165) is 25.2 Å². The van der Waals surface area contributed by atoms with Gasteiger partial charge in [-0.25, -0.2) is 4.98 Å². The molecule has 16 heavy (non-hydrogen) atoms. The third-order valence-electron chi connectivity index (χ3n) is 3.46. The van der Waals surface area contributed by atoms with Crippen LogP contribution in [-0.4, -0.2) is 36.1 Å². The van der Waals surface area contributed by atoms with E-state index >= 15 is 0 Å². The maximum Gasteiger partial charge on any atom is 0.114 e. The lowest BCUT2D eigenvalue weighted by atomic mass is 9.97. The summed E-state index contributed by atoms with van der Waals surface area (Å²) in [6.45, 7) is 8.60. The van der Waals surface area contributed by atoms with Gasteiger partial charge in [0.1, 0.15) is 5.01 Å². The van der Waals surface area contributed by atoms with E-state index in [-0.39, 0.29) is 5.54 Å². The minimum absolute atomic E-state index is 0.0852. The van der Waals surface area contributed by atoms with Crippen molar-refractivity contribution in [1.82, 2.24) is 15.2 Å². The van der Waals surface area contributed by atoms with Gasteiger partial charge in [-0.1, -0.05) is 6.92 Å². The van der Waals surface area contributed by atoms with Gasteiger partial charge < -0.3 is 10.2 Å². The van der Waals surface area contributed by atoms with Crippen molar-refractivity contribution in [2.45, 2.75) is 38.8 Å². The highest BCUT2D eigenvalue weighted by Gasteiger charge is 2.43. The van der Waals surface area contributed by atoms with Crippen molar-refractivity contribution in [3.63, 3.8) is 0 Å². The van der Waals surface area contributed by atoms with Crippen LogP contribution in [0.2, 0.25) is 0 Å². The molecule has 1 N–H and O–H groups in total. The van der Waals surface area contributed by atoms with E-state index in [1.807, 2.05) is 0 Å². The van der Waals surface area contributed by atoms with Crippen LogP contribution in [0.25, 0.3) is 0 Å². The van der Waals surface area contributed by atoms with Gasteiger partial charge >= 0.3 is 0 Å². The lowest BCUT2D eigenvalue weighted by Crippen LogP contribution is -2.44. The number of nitrogens with zero attached hydrogens (tertiary/aromatic N) is 2. The fraction of sp³-hybridized carbons (Fsp3) is 0.750. The second-order valence-electron chi connectivity index (χ2n) is 4.87. The van der Waals surface area contributed by atoms with Crippen LogP contribution in [0.3, 0.4) is 0 Å². The molecular formula is C12H21N3S. The van der Waals surface area contributed by atoms with Gasteiger partial charge in [0.15, 0.2) is 0 Å². The Morgan fingerprint density at radius 2 is 2.44 bits per heavy atom. The Balaban J connectivity index is 2.30. The molecule has 0 saturated carbocycles. The summed E-state index contributed by atoms with van der Waals surface area (Å²) in [6, 6.07) is 0.628. The van der Waals surface area contributed by atoms with Crippen molar-refractivity contribution in [3.8, 4) is 0 Å². The predicted octanol–water partition coefficient (Wildman–Crippen LogP) is 1.98. The highest BCUT2D eigenvalue weighted by atomic mass is 32.1. The van der Waals surface area contributed by atoms with E-state index in [0.29, 0.717) is 6.04 Å². The second-order valence-corrected chi connectivity index (χ2v) is 5.73. The smallest absolute Gasteiger partial charge is 0.114 e. The molecule has 1 aromatic heterocycles. The zero-order valence-electron chi connectivity index (χ0n) is 10.6. The molecule has 2 heterocycles. The molecule has 2 atom stereocenters. The molecule has 90 valence electrons. The van der Waals surface area contributed by atoms with Crippen LogP contribution in [0.15, 0.2) is 5.38 Å². The van der Waals surface area contributed by atoms with E-state index < -0.39 is 0 Å². The van der Waals surface area contributed by atoms with Crippen molar-refractivity contribution in [2.75, 3.05) is 20.1 Å². The first kappa shape index (κ1) is 12.0. The molecule has 3 nitrogen and oxygen atoms in total. The van der Waals surface area contributed by atoms with Gasteiger partial charge in [-0.3, -0.25) is 0 Å². The van der Waals surface area contributed by atoms with E-state index in [4.69, 9.17) is 0 Å². The standard InChI is InChI=1S/C12H21N3S/c1-5-13-12(6-10(3)15(4)8-12)11-14-9(2)7-16-11/h7,10,13H,5-6,8H2,1-4H3. The first-order chi connectivity index (χ1) is 7.57. The van der Waals surface area contributed by atoms with Crippen molar-refractivity contribution in [2.24, 2.45) is 0 Å². The van der Waals surface area contributed by atoms with Gasteiger partial charge in [0.25, 0.3) is 0 Å². The molecule has 0 aromatic carbocycles. The Morgan fingerprint density at radius 1 is 1.69 bits per heavy atom. The van der Waals surface area contributed by atoms with Gasteiger partial charge in [0.2, 0.25) is 0 Å². The number of likely N-dealkylation sites (tertiary alicyclic amines) is 1. The highest BCUT2D eigenvalue weighted by Crippen LogP contribution is 2.36. The first-order valence-electron chi connectivity index (χ1n) is 5.95. The summed E-state index contributed by atoms with van der Waals surface area (Å²) in [5.41, 5.74) is 1.22. The fourth-order valence-electron chi connectivity index (χ4n) is 2.58. The van der Waals surface area contributed by atoms with Crippen molar-refractivity contribution in [1.29, 1.82) is 0 Å². The van der Waals surface area contributed by atoms with Crippen LogP contribution in [0.1, 0.15) is 31.0 Å². The number of likely N-dealkylation sites (N-methyl/N-ethyl adjacent to an activating group) is 2. The molecule has 1 aromatic rings. The first-order valence-corrected chi connectivity index (χ1v) is 6.83. The van der Waals surface area contributed by atoms with Gasteiger partial charge in [0.05, 0.1) is 5.54 Å².